The molecule has 2 aliphatic rings. The zero-order chi connectivity index (χ0) is 7.84. The second kappa shape index (κ2) is 2.48. The van der Waals surface area contributed by atoms with Gasteiger partial charge in [-0.15, -0.1) is 0 Å². The zero-order valence-corrected chi connectivity index (χ0v) is 6.90. The van der Waals surface area contributed by atoms with Crippen molar-refractivity contribution in [2.75, 3.05) is 7.05 Å². The maximum atomic E-state index is 5.84. The number of nitrogens with zero attached hydrogens (tertiary/aromatic N) is 2. The van der Waals surface area contributed by atoms with E-state index in [1.165, 1.54) is 6.42 Å². The predicted octanol–water partition coefficient (Wildman–Crippen LogP) is 0.208. The summed E-state index contributed by atoms with van der Waals surface area (Å²) in [6.45, 7) is 0. The predicted molar refractivity (Wildman–Crippen MR) is 45.7 cm³/mol. The van der Waals surface area contributed by atoms with Crippen molar-refractivity contribution in [2.45, 2.75) is 37.4 Å². The summed E-state index contributed by atoms with van der Waals surface area (Å²) in [5.74, 6) is 0. The molecule has 1 aliphatic heterocycles. The van der Waals surface area contributed by atoms with Crippen molar-refractivity contribution in [3.8, 4) is 0 Å². The molecule has 1 heterocycles. The van der Waals surface area contributed by atoms with Crippen LogP contribution in [0.3, 0.4) is 0 Å². The van der Waals surface area contributed by atoms with E-state index in [0.717, 1.165) is 12.8 Å². The summed E-state index contributed by atoms with van der Waals surface area (Å²) in [5, 5.41) is 0. The van der Waals surface area contributed by atoms with Crippen molar-refractivity contribution in [2.24, 2.45) is 10.7 Å². The lowest BCUT2D eigenvalue weighted by molar-refractivity contribution is 0.260. The molecule has 0 radical (unpaired) electrons. The normalized spacial score (nSPS) is 42.7. The Morgan fingerprint density at radius 1 is 1.55 bits per heavy atom. The summed E-state index contributed by atoms with van der Waals surface area (Å²) < 4.78 is 0. The van der Waals surface area contributed by atoms with Crippen molar-refractivity contribution >= 4 is 6.34 Å². The first kappa shape index (κ1) is 7.10. The maximum Gasteiger partial charge on any atom is 0.0854 e. The smallest absolute Gasteiger partial charge is 0.0854 e. The first-order valence-corrected chi connectivity index (χ1v) is 4.28. The minimum absolute atomic E-state index is 0.389. The molecule has 3 unspecified atom stereocenters. The monoisotopic (exact) mass is 153 g/mol. The number of hydrogen-bond acceptors (Lipinski definition) is 3. The minimum Gasteiger partial charge on any atom is -0.361 e. The van der Waals surface area contributed by atoms with Crippen LogP contribution in [0.1, 0.15) is 19.3 Å². The van der Waals surface area contributed by atoms with E-state index in [1.54, 1.807) is 0 Å². The summed E-state index contributed by atoms with van der Waals surface area (Å²) in [5.41, 5.74) is 5.84. The zero-order valence-electron chi connectivity index (χ0n) is 6.90. The highest BCUT2D eigenvalue weighted by Crippen LogP contribution is 2.26. The summed E-state index contributed by atoms with van der Waals surface area (Å²) in [7, 11) is 2.10. The number of likely N-dealkylation sites (N-methyl/N-ethyl adjacent to an activating group) is 1. The van der Waals surface area contributed by atoms with E-state index in [4.69, 9.17) is 5.73 Å². The quantitative estimate of drug-likeness (QED) is 0.540. The Balaban J connectivity index is 2.05. The van der Waals surface area contributed by atoms with Gasteiger partial charge in [-0.3, -0.25) is 4.99 Å². The fourth-order valence-corrected chi connectivity index (χ4v) is 2.07. The highest BCUT2D eigenvalue weighted by Gasteiger charge is 2.33. The van der Waals surface area contributed by atoms with Crippen LogP contribution in [0.4, 0.5) is 0 Å². The van der Waals surface area contributed by atoms with Crippen molar-refractivity contribution in [3.63, 3.8) is 0 Å². The van der Waals surface area contributed by atoms with Crippen molar-refractivity contribution < 1.29 is 0 Å². The lowest BCUT2D eigenvalue weighted by atomic mass is 9.88. The molecule has 0 aromatic rings. The number of aliphatic imine (C=N–C) groups is 1. The van der Waals surface area contributed by atoms with E-state index in [2.05, 4.69) is 16.9 Å². The Bertz CT molecular complexity index is 178. The molecule has 1 fully saturated rings. The summed E-state index contributed by atoms with van der Waals surface area (Å²) in [4.78, 5) is 6.63. The van der Waals surface area contributed by atoms with Gasteiger partial charge < -0.3 is 10.6 Å². The Morgan fingerprint density at radius 3 is 3.18 bits per heavy atom. The summed E-state index contributed by atoms with van der Waals surface area (Å²) in [6, 6.07) is 1.53. The summed E-state index contributed by atoms with van der Waals surface area (Å²) in [6.07, 6.45) is 5.40. The number of rotatable bonds is 0. The third-order valence-electron chi connectivity index (χ3n) is 2.79. The number of nitrogens with two attached hydrogens (primary N) is 1. The molecule has 3 atom stereocenters. The van der Waals surface area contributed by atoms with E-state index >= 15 is 0 Å². The van der Waals surface area contributed by atoms with E-state index in [0.29, 0.717) is 18.1 Å². The van der Waals surface area contributed by atoms with Crippen LogP contribution in [-0.2, 0) is 0 Å². The van der Waals surface area contributed by atoms with E-state index < -0.39 is 0 Å². The molecule has 0 amide bonds. The fraction of sp³-hybridized carbons (Fsp3) is 0.875. The molecule has 0 spiro atoms. The third kappa shape index (κ3) is 1.13. The molecule has 2 N–H and O–H groups in total. The van der Waals surface area contributed by atoms with Crippen LogP contribution in [0, 0.1) is 0 Å². The van der Waals surface area contributed by atoms with Crippen LogP contribution >= 0.6 is 0 Å². The van der Waals surface area contributed by atoms with Crippen molar-refractivity contribution in [1.29, 1.82) is 0 Å². The van der Waals surface area contributed by atoms with Gasteiger partial charge in [-0.2, -0.15) is 0 Å². The SMILES string of the molecule is CN1C=NC2CC(N)CCC21. The lowest BCUT2D eigenvalue weighted by Crippen LogP contribution is -2.42. The summed E-state index contributed by atoms with van der Waals surface area (Å²) >= 11 is 0. The van der Waals surface area contributed by atoms with Crippen LogP contribution in [-0.4, -0.2) is 36.4 Å². The Kier molecular flexibility index (Phi) is 1.60. The van der Waals surface area contributed by atoms with Gasteiger partial charge in [0.2, 0.25) is 0 Å². The molecule has 3 nitrogen and oxygen atoms in total. The molecular formula is C8H15N3. The molecule has 0 aromatic carbocycles. The highest BCUT2D eigenvalue weighted by atomic mass is 15.2. The number of fused-ring (bicyclic) bond motifs is 1. The topological polar surface area (TPSA) is 41.6 Å². The average molecular weight is 153 g/mol. The standard InChI is InChI=1S/C8H15N3/c1-11-5-10-7-4-6(9)2-3-8(7)11/h5-8H,2-4,9H2,1H3. The van der Waals surface area contributed by atoms with Gasteiger partial charge in [-0.25, -0.2) is 0 Å². The number of hydrogen-bond donors (Lipinski definition) is 1. The fourth-order valence-electron chi connectivity index (χ4n) is 2.07. The molecule has 1 saturated carbocycles. The Labute approximate surface area is 67.3 Å². The van der Waals surface area contributed by atoms with Gasteiger partial charge in [0.1, 0.15) is 0 Å². The van der Waals surface area contributed by atoms with Gasteiger partial charge in [0, 0.05) is 13.1 Å². The first-order chi connectivity index (χ1) is 5.27. The van der Waals surface area contributed by atoms with Gasteiger partial charge in [-0.05, 0) is 19.3 Å². The van der Waals surface area contributed by atoms with Gasteiger partial charge in [0.15, 0.2) is 0 Å². The van der Waals surface area contributed by atoms with Crippen molar-refractivity contribution in [1.82, 2.24) is 4.90 Å². The van der Waals surface area contributed by atoms with Crippen molar-refractivity contribution in [3.05, 3.63) is 0 Å². The molecule has 11 heavy (non-hydrogen) atoms. The molecular weight excluding hydrogens is 138 g/mol. The van der Waals surface area contributed by atoms with Gasteiger partial charge in [-0.1, -0.05) is 0 Å². The van der Waals surface area contributed by atoms with E-state index in [1.807, 2.05) is 6.34 Å². The molecule has 1 aliphatic carbocycles. The van der Waals surface area contributed by atoms with Gasteiger partial charge in [0.05, 0.1) is 18.4 Å². The van der Waals surface area contributed by atoms with Crippen LogP contribution in [0.5, 0.6) is 0 Å². The molecule has 0 bridgehead atoms. The minimum atomic E-state index is 0.389. The van der Waals surface area contributed by atoms with Crippen LogP contribution in [0.15, 0.2) is 4.99 Å². The molecule has 2 rings (SSSR count). The van der Waals surface area contributed by atoms with Crippen LogP contribution in [0.25, 0.3) is 0 Å². The Hall–Kier alpha value is -0.570. The largest absolute Gasteiger partial charge is 0.361 e. The average Bonchev–Trinajstić information content (AvgIpc) is 2.32. The third-order valence-corrected chi connectivity index (χ3v) is 2.79. The van der Waals surface area contributed by atoms with E-state index in [9.17, 15) is 0 Å². The van der Waals surface area contributed by atoms with Gasteiger partial charge in [0.25, 0.3) is 0 Å². The lowest BCUT2D eigenvalue weighted by Gasteiger charge is -2.31. The van der Waals surface area contributed by atoms with Crippen LogP contribution in [0.2, 0.25) is 0 Å². The maximum absolute atomic E-state index is 5.84. The highest BCUT2D eigenvalue weighted by molar-refractivity contribution is 5.58. The first-order valence-electron chi connectivity index (χ1n) is 4.28. The Morgan fingerprint density at radius 2 is 2.36 bits per heavy atom. The van der Waals surface area contributed by atoms with Gasteiger partial charge >= 0.3 is 0 Å². The van der Waals surface area contributed by atoms with E-state index in [-0.39, 0.29) is 0 Å². The second-order valence-electron chi connectivity index (χ2n) is 3.64. The molecule has 62 valence electrons. The second-order valence-corrected chi connectivity index (χ2v) is 3.64. The molecule has 3 heteroatoms. The van der Waals surface area contributed by atoms with Crippen LogP contribution < -0.4 is 5.73 Å². The molecule has 0 aromatic heterocycles. The molecule has 0 saturated heterocycles.